The van der Waals surface area contributed by atoms with Crippen molar-refractivity contribution in [1.82, 2.24) is 0 Å². The second kappa shape index (κ2) is 14.3. The molecule has 5 radical (unpaired) electrons. The Morgan fingerprint density at radius 1 is 0.938 bits per heavy atom. The first kappa shape index (κ1) is 17.3. The van der Waals surface area contributed by atoms with E-state index in [1.807, 2.05) is 39.2 Å². The third kappa shape index (κ3) is 11.7. The van der Waals surface area contributed by atoms with E-state index in [1.165, 1.54) is 32.1 Å². The van der Waals surface area contributed by atoms with Crippen LogP contribution in [0.25, 0.3) is 5.32 Å². The van der Waals surface area contributed by atoms with Crippen LogP contribution in [0, 0.1) is 32.1 Å². The van der Waals surface area contributed by atoms with Crippen molar-refractivity contribution >= 4 is 18.6 Å². The predicted molar refractivity (Wildman–Crippen MR) is 69.4 cm³/mol. The summed E-state index contributed by atoms with van der Waals surface area (Å²) in [6, 6.07) is 0.712. The molecule has 0 bridgehead atoms. The Morgan fingerprint density at radius 3 is 1.56 bits per heavy atom. The molecule has 1 nitrogen and oxygen atoms in total. The molecular formula is C12H19Cl2NTi-. The van der Waals surface area contributed by atoms with Crippen LogP contribution in [0.2, 0.25) is 0 Å². The molecule has 0 aliphatic heterocycles. The number of halogens is 2. The summed E-state index contributed by atoms with van der Waals surface area (Å²) in [7, 11) is 11.7. The van der Waals surface area contributed by atoms with Crippen LogP contribution in [-0.2, 0) is 17.0 Å². The minimum atomic E-state index is -0.556. The van der Waals surface area contributed by atoms with Gasteiger partial charge in [0.05, 0.1) is 0 Å². The fourth-order valence-electron chi connectivity index (χ4n) is 1.66. The Hall–Kier alpha value is 1.25. The molecule has 2 aliphatic carbocycles. The molecule has 0 saturated heterocycles. The SMILES string of the molecule is C[N-]C1CCCCC1.[CH]1[CH][CH][CH][CH]1.[Cl][Ti][Cl]. The molecule has 2 rings (SSSR count). The van der Waals surface area contributed by atoms with Gasteiger partial charge in [-0.15, -0.1) is 6.04 Å². The standard InChI is InChI=1S/C7H14N.C5H5.2ClH.Ti/c1-8-7-5-3-2-4-6-7;1-2-4-5-3-1;;;/h7H,2-6H2,1H3;1-5H;2*1H;/q-1;;;;+2/p-2. The molecule has 2 saturated carbocycles. The van der Waals surface area contributed by atoms with Gasteiger partial charge in [-0.05, 0) is 32.1 Å². The average molecular weight is 296 g/mol. The zero-order valence-corrected chi connectivity index (χ0v) is 12.8. The summed E-state index contributed by atoms with van der Waals surface area (Å²) in [5.41, 5.74) is 0. The zero-order chi connectivity index (χ0) is 12.1. The van der Waals surface area contributed by atoms with E-state index >= 15 is 0 Å². The number of rotatable bonds is 1. The molecule has 0 aromatic heterocycles. The molecule has 0 spiro atoms. The number of hydrogen-bond acceptors (Lipinski definition) is 0. The Kier molecular flexibility index (Phi) is 15.4. The quantitative estimate of drug-likeness (QED) is 0.622. The Labute approximate surface area is 118 Å². The summed E-state index contributed by atoms with van der Waals surface area (Å²) in [6.45, 7) is 0. The van der Waals surface area contributed by atoms with E-state index in [0.29, 0.717) is 6.04 Å². The maximum atomic E-state index is 4.89. The van der Waals surface area contributed by atoms with Crippen LogP contribution in [0.5, 0.6) is 0 Å². The van der Waals surface area contributed by atoms with E-state index in [1.54, 1.807) is 0 Å². The maximum absolute atomic E-state index is 4.89. The van der Waals surface area contributed by atoms with Gasteiger partial charge in [-0.25, -0.2) is 0 Å². The first-order chi connectivity index (χ1) is 7.85. The third-order valence-corrected chi connectivity index (χ3v) is 2.50. The second-order valence-electron chi connectivity index (χ2n) is 3.58. The summed E-state index contributed by atoms with van der Waals surface area (Å²) in [4.78, 5) is 0. The molecule has 0 aromatic carbocycles. The van der Waals surface area contributed by atoms with Crippen molar-refractivity contribution in [3.05, 3.63) is 37.4 Å². The fourth-order valence-corrected chi connectivity index (χ4v) is 1.66. The molecular weight excluding hydrogens is 277 g/mol. The average Bonchev–Trinajstić information content (AvgIpc) is 2.90. The molecule has 2 fully saturated rings. The Morgan fingerprint density at radius 2 is 1.31 bits per heavy atom. The molecule has 91 valence electrons. The molecule has 0 aromatic rings. The molecule has 0 heterocycles. The predicted octanol–water partition coefficient (Wildman–Crippen LogP) is 4.72. The van der Waals surface area contributed by atoms with E-state index in [4.69, 9.17) is 18.6 Å². The van der Waals surface area contributed by atoms with Crippen molar-refractivity contribution in [1.29, 1.82) is 0 Å². The summed E-state index contributed by atoms with van der Waals surface area (Å²) in [5.74, 6) is 0. The summed E-state index contributed by atoms with van der Waals surface area (Å²) in [6.07, 6.45) is 16.9. The van der Waals surface area contributed by atoms with Gasteiger partial charge in [0.25, 0.3) is 0 Å². The molecule has 4 heteroatoms. The van der Waals surface area contributed by atoms with Gasteiger partial charge in [0, 0.05) is 0 Å². The molecule has 2 aliphatic rings. The van der Waals surface area contributed by atoms with E-state index in [-0.39, 0.29) is 0 Å². The van der Waals surface area contributed by atoms with E-state index in [0.717, 1.165) is 0 Å². The van der Waals surface area contributed by atoms with Gasteiger partial charge in [-0.3, -0.25) is 0 Å². The van der Waals surface area contributed by atoms with Crippen LogP contribution in [-0.4, -0.2) is 13.1 Å². The van der Waals surface area contributed by atoms with Crippen molar-refractivity contribution in [3.63, 3.8) is 0 Å². The first-order valence-electron chi connectivity index (χ1n) is 5.57. The van der Waals surface area contributed by atoms with Crippen molar-refractivity contribution in [2.75, 3.05) is 7.05 Å². The van der Waals surface area contributed by atoms with Gasteiger partial charge in [0.15, 0.2) is 0 Å². The van der Waals surface area contributed by atoms with Gasteiger partial charge >= 0.3 is 35.6 Å². The van der Waals surface area contributed by atoms with Crippen LogP contribution in [0.15, 0.2) is 0 Å². The summed E-state index contributed by atoms with van der Waals surface area (Å²) < 4.78 is 0. The van der Waals surface area contributed by atoms with Crippen molar-refractivity contribution < 1.29 is 17.0 Å². The van der Waals surface area contributed by atoms with Crippen LogP contribution in [0.3, 0.4) is 0 Å². The van der Waals surface area contributed by atoms with Gasteiger partial charge in [0.1, 0.15) is 0 Å². The van der Waals surface area contributed by atoms with Gasteiger partial charge in [-0.1, -0.05) is 32.1 Å². The number of nitrogens with zero attached hydrogens (tertiary/aromatic N) is 1. The van der Waals surface area contributed by atoms with Crippen molar-refractivity contribution in [2.45, 2.75) is 38.1 Å². The number of hydrogen-bond donors (Lipinski definition) is 0. The second-order valence-corrected chi connectivity index (χ2v) is 6.16. The molecule has 0 amide bonds. The van der Waals surface area contributed by atoms with Crippen LogP contribution in [0.1, 0.15) is 32.1 Å². The fraction of sp³-hybridized carbons (Fsp3) is 0.583. The molecule has 0 N–H and O–H groups in total. The minimum absolute atomic E-state index is 0.556. The zero-order valence-electron chi connectivity index (χ0n) is 9.70. The first-order valence-corrected chi connectivity index (χ1v) is 9.86. The van der Waals surface area contributed by atoms with Crippen molar-refractivity contribution in [2.24, 2.45) is 0 Å². The van der Waals surface area contributed by atoms with Gasteiger partial charge in [0.2, 0.25) is 0 Å². The van der Waals surface area contributed by atoms with Crippen LogP contribution < -0.4 is 0 Å². The van der Waals surface area contributed by atoms with E-state index in [2.05, 4.69) is 5.32 Å². The molecule has 0 atom stereocenters. The van der Waals surface area contributed by atoms with Crippen molar-refractivity contribution in [3.8, 4) is 0 Å². The summed E-state index contributed by atoms with van der Waals surface area (Å²) >= 11 is -0.556. The summed E-state index contributed by atoms with van der Waals surface area (Å²) in [5, 5.41) is 4.25. The monoisotopic (exact) mass is 295 g/mol. The third-order valence-electron chi connectivity index (χ3n) is 2.50. The van der Waals surface area contributed by atoms with E-state index < -0.39 is 17.0 Å². The topological polar surface area (TPSA) is 14.1 Å². The Balaban J connectivity index is 0.000000241. The van der Waals surface area contributed by atoms with Gasteiger partial charge < -0.3 is 5.32 Å². The normalized spacial score (nSPS) is 20.2. The Bertz CT molecular complexity index is 119. The van der Waals surface area contributed by atoms with Crippen LogP contribution >= 0.6 is 18.6 Å². The van der Waals surface area contributed by atoms with Crippen LogP contribution in [0.4, 0.5) is 0 Å². The van der Waals surface area contributed by atoms with E-state index in [9.17, 15) is 0 Å². The molecule has 16 heavy (non-hydrogen) atoms. The van der Waals surface area contributed by atoms with Gasteiger partial charge in [-0.2, -0.15) is 7.05 Å². The molecule has 0 unspecified atom stereocenters.